The molecule has 3 rings (SSSR count). The van der Waals surface area contributed by atoms with Crippen molar-refractivity contribution in [1.82, 2.24) is 15.5 Å². The predicted molar refractivity (Wildman–Crippen MR) is 88.9 cm³/mol. The number of carbonyl (C=O) groups excluding carboxylic acids is 2. The van der Waals surface area contributed by atoms with Crippen molar-refractivity contribution in [2.24, 2.45) is 0 Å². The molecule has 0 aromatic heterocycles. The molecule has 2 N–H and O–H groups in total. The van der Waals surface area contributed by atoms with Crippen LogP contribution in [0.2, 0.25) is 0 Å². The second-order valence-corrected chi connectivity index (χ2v) is 6.49. The Morgan fingerprint density at radius 3 is 2.61 bits per heavy atom. The van der Waals surface area contributed by atoms with Gasteiger partial charge in [-0.1, -0.05) is 24.3 Å². The lowest BCUT2D eigenvalue weighted by Crippen LogP contribution is -2.42. The van der Waals surface area contributed by atoms with E-state index < -0.39 is 0 Å². The number of rotatable bonds is 7. The fraction of sp³-hybridized carbons (Fsp3) is 0.556. The van der Waals surface area contributed by atoms with E-state index in [0.29, 0.717) is 31.7 Å². The Morgan fingerprint density at radius 1 is 1.13 bits per heavy atom. The molecule has 124 valence electrons. The molecule has 0 aliphatic heterocycles. The van der Waals surface area contributed by atoms with E-state index in [1.807, 2.05) is 0 Å². The zero-order valence-corrected chi connectivity index (χ0v) is 13.7. The first kappa shape index (κ1) is 16.0. The first-order valence-electron chi connectivity index (χ1n) is 8.50. The number of benzene rings is 1. The second kappa shape index (κ2) is 7.13. The Balaban J connectivity index is 1.56. The summed E-state index contributed by atoms with van der Waals surface area (Å²) in [6.45, 7) is 2.90. The van der Waals surface area contributed by atoms with Crippen molar-refractivity contribution in [1.29, 1.82) is 0 Å². The molecular formula is C18H25N3O2. The first-order chi connectivity index (χ1) is 11.1. The summed E-state index contributed by atoms with van der Waals surface area (Å²) in [5.41, 5.74) is 2.82. The van der Waals surface area contributed by atoms with E-state index in [-0.39, 0.29) is 11.8 Å². The van der Waals surface area contributed by atoms with Crippen molar-refractivity contribution in [3.05, 3.63) is 35.4 Å². The summed E-state index contributed by atoms with van der Waals surface area (Å²) in [4.78, 5) is 25.4. The number of nitrogens with one attached hydrogen (secondary N) is 2. The molecule has 5 nitrogen and oxygen atoms in total. The van der Waals surface area contributed by atoms with Crippen molar-refractivity contribution in [3.8, 4) is 0 Å². The van der Waals surface area contributed by atoms with Crippen LogP contribution in [0.25, 0.3) is 0 Å². The van der Waals surface area contributed by atoms with Crippen LogP contribution >= 0.6 is 0 Å². The maximum Gasteiger partial charge on any atom is 0.234 e. The van der Waals surface area contributed by atoms with Gasteiger partial charge in [0, 0.05) is 32.1 Å². The van der Waals surface area contributed by atoms with Crippen molar-refractivity contribution in [2.75, 3.05) is 19.6 Å². The predicted octanol–water partition coefficient (Wildman–Crippen LogP) is 1.39. The molecule has 0 spiro atoms. The average molecular weight is 315 g/mol. The fourth-order valence-electron chi connectivity index (χ4n) is 3.44. The Kier molecular flexibility index (Phi) is 4.96. The Labute approximate surface area is 137 Å². The van der Waals surface area contributed by atoms with E-state index in [0.717, 1.165) is 12.8 Å². The summed E-state index contributed by atoms with van der Waals surface area (Å²) < 4.78 is 0. The summed E-state index contributed by atoms with van der Waals surface area (Å²) in [6, 6.07) is 9.52. The van der Waals surface area contributed by atoms with Gasteiger partial charge in [-0.05, 0) is 36.8 Å². The molecule has 1 aromatic rings. The van der Waals surface area contributed by atoms with Gasteiger partial charge in [-0.15, -0.1) is 0 Å². The van der Waals surface area contributed by atoms with E-state index in [2.05, 4.69) is 39.8 Å². The lowest BCUT2D eigenvalue weighted by molar-refractivity contribution is -0.123. The minimum absolute atomic E-state index is 0.0478. The minimum Gasteiger partial charge on any atom is -0.355 e. The molecule has 0 heterocycles. The van der Waals surface area contributed by atoms with Crippen molar-refractivity contribution in [2.45, 2.75) is 44.7 Å². The normalized spacial score (nSPS) is 19.5. The van der Waals surface area contributed by atoms with Crippen LogP contribution in [0, 0.1) is 0 Å². The van der Waals surface area contributed by atoms with Crippen LogP contribution in [0.1, 0.15) is 43.4 Å². The average Bonchev–Trinajstić information content (AvgIpc) is 3.28. The van der Waals surface area contributed by atoms with Crippen LogP contribution in [0.4, 0.5) is 0 Å². The third-order valence-electron chi connectivity index (χ3n) is 4.66. The van der Waals surface area contributed by atoms with Gasteiger partial charge >= 0.3 is 0 Å². The number of fused-ring (bicyclic) bond motifs is 1. The molecule has 1 saturated carbocycles. The molecule has 1 unspecified atom stereocenters. The molecule has 2 aliphatic rings. The third-order valence-corrected chi connectivity index (χ3v) is 4.66. The van der Waals surface area contributed by atoms with Gasteiger partial charge in [0.15, 0.2) is 0 Å². The summed E-state index contributed by atoms with van der Waals surface area (Å²) in [7, 11) is 0. The van der Waals surface area contributed by atoms with Crippen LogP contribution in [0.5, 0.6) is 0 Å². The molecule has 23 heavy (non-hydrogen) atoms. The van der Waals surface area contributed by atoms with Gasteiger partial charge in [0.1, 0.15) is 0 Å². The molecule has 0 bridgehead atoms. The summed E-state index contributed by atoms with van der Waals surface area (Å²) in [5.74, 6) is -0.0203. The Morgan fingerprint density at radius 2 is 1.87 bits per heavy atom. The number of aryl methyl sites for hydroxylation is 1. The minimum atomic E-state index is -0.0681. The highest BCUT2D eigenvalue weighted by Gasteiger charge is 2.38. The Hall–Kier alpha value is -1.88. The Bertz CT molecular complexity index is 583. The highest BCUT2D eigenvalue weighted by atomic mass is 16.2. The first-order valence-corrected chi connectivity index (χ1v) is 8.50. The van der Waals surface area contributed by atoms with E-state index in [4.69, 9.17) is 0 Å². The summed E-state index contributed by atoms with van der Waals surface area (Å²) >= 11 is 0. The second-order valence-electron chi connectivity index (χ2n) is 6.49. The number of nitrogens with zero attached hydrogens (tertiary/aromatic N) is 1. The molecular weight excluding hydrogens is 290 g/mol. The van der Waals surface area contributed by atoms with Gasteiger partial charge in [0.05, 0.1) is 6.54 Å². The maximum atomic E-state index is 12.2. The van der Waals surface area contributed by atoms with Gasteiger partial charge < -0.3 is 10.6 Å². The van der Waals surface area contributed by atoms with E-state index in [1.54, 1.807) is 0 Å². The van der Waals surface area contributed by atoms with Crippen LogP contribution in [0.3, 0.4) is 0 Å². The molecule has 1 aromatic carbocycles. The van der Waals surface area contributed by atoms with Crippen LogP contribution in [-0.2, 0) is 16.0 Å². The van der Waals surface area contributed by atoms with Crippen molar-refractivity contribution < 1.29 is 9.59 Å². The number of carbonyl (C=O) groups is 2. The topological polar surface area (TPSA) is 61.4 Å². The fourth-order valence-corrected chi connectivity index (χ4v) is 3.44. The summed E-state index contributed by atoms with van der Waals surface area (Å²) in [6.07, 6.45) is 4.60. The van der Waals surface area contributed by atoms with Gasteiger partial charge in [0.25, 0.3) is 0 Å². The van der Waals surface area contributed by atoms with Gasteiger partial charge in [-0.25, -0.2) is 0 Å². The zero-order chi connectivity index (χ0) is 16.2. The molecule has 5 heteroatoms. The van der Waals surface area contributed by atoms with Crippen molar-refractivity contribution in [3.63, 3.8) is 0 Å². The standard InChI is InChI=1S/C18H25N3O2/c1-13(22)19-10-11-20-18(23)12-21(15-7-8-15)17-9-6-14-4-2-3-5-16(14)17/h2-5,15,17H,6-12H2,1H3,(H,19,22)(H,20,23). The number of hydrogen-bond donors (Lipinski definition) is 2. The SMILES string of the molecule is CC(=O)NCCNC(=O)CN(C1CC1)C1CCc2ccccc21. The monoisotopic (exact) mass is 315 g/mol. The smallest absolute Gasteiger partial charge is 0.234 e. The zero-order valence-electron chi connectivity index (χ0n) is 13.7. The van der Waals surface area contributed by atoms with Gasteiger partial charge in [-0.2, -0.15) is 0 Å². The quantitative estimate of drug-likeness (QED) is 0.748. The highest BCUT2D eigenvalue weighted by molar-refractivity contribution is 5.78. The number of amides is 2. The van der Waals surface area contributed by atoms with E-state index in [1.165, 1.54) is 30.9 Å². The maximum absolute atomic E-state index is 12.2. The molecule has 0 radical (unpaired) electrons. The largest absolute Gasteiger partial charge is 0.355 e. The van der Waals surface area contributed by atoms with E-state index in [9.17, 15) is 9.59 Å². The van der Waals surface area contributed by atoms with Crippen molar-refractivity contribution >= 4 is 11.8 Å². The third kappa shape index (κ3) is 4.10. The number of hydrogen-bond acceptors (Lipinski definition) is 3. The van der Waals surface area contributed by atoms with Crippen LogP contribution < -0.4 is 10.6 Å². The van der Waals surface area contributed by atoms with E-state index >= 15 is 0 Å². The van der Waals surface area contributed by atoms with Crippen LogP contribution in [-0.4, -0.2) is 42.4 Å². The molecule has 2 aliphatic carbocycles. The molecule has 2 amide bonds. The summed E-state index contributed by atoms with van der Waals surface area (Å²) in [5, 5.41) is 5.59. The van der Waals surface area contributed by atoms with Gasteiger partial charge in [-0.3, -0.25) is 14.5 Å². The lowest BCUT2D eigenvalue weighted by Gasteiger charge is -2.29. The lowest BCUT2D eigenvalue weighted by atomic mass is 10.1. The molecule has 0 saturated heterocycles. The molecule has 1 fully saturated rings. The highest BCUT2D eigenvalue weighted by Crippen LogP contribution is 2.41. The van der Waals surface area contributed by atoms with Crippen LogP contribution in [0.15, 0.2) is 24.3 Å². The molecule has 1 atom stereocenters. The van der Waals surface area contributed by atoms with Gasteiger partial charge in [0.2, 0.25) is 11.8 Å².